The molecule has 0 N–H and O–H groups in total. The van der Waals surface area contributed by atoms with Crippen LogP contribution in [0.3, 0.4) is 0 Å². The molecule has 0 aliphatic carbocycles. The summed E-state index contributed by atoms with van der Waals surface area (Å²) in [6, 6.07) is 0. The van der Waals surface area contributed by atoms with Gasteiger partial charge in [0.25, 0.3) is 0 Å². The van der Waals surface area contributed by atoms with Crippen molar-refractivity contribution in [1.82, 2.24) is 0 Å². The zero-order valence-electron chi connectivity index (χ0n) is 11.3. The van der Waals surface area contributed by atoms with Crippen LogP contribution in [0.25, 0.3) is 0 Å². The normalized spacial score (nSPS) is 12.6. The van der Waals surface area contributed by atoms with Crippen molar-refractivity contribution in [3.05, 3.63) is 24.8 Å². The van der Waals surface area contributed by atoms with Crippen molar-refractivity contribution < 1.29 is 9.53 Å². The molecule has 0 rings (SSSR count). The Morgan fingerprint density at radius 3 is 2.65 bits per heavy atom. The van der Waals surface area contributed by atoms with Crippen LogP contribution in [0.2, 0.25) is 0 Å². The molecule has 1 unspecified atom stereocenters. The maximum atomic E-state index is 11.0. The summed E-state index contributed by atoms with van der Waals surface area (Å²) in [6.45, 7) is 7.31. The fourth-order valence-electron chi connectivity index (χ4n) is 1.77. The molecule has 0 heterocycles. The van der Waals surface area contributed by atoms with E-state index in [9.17, 15) is 4.79 Å². The first-order chi connectivity index (χ1) is 8.20. The Morgan fingerprint density at radius 1 is 1.29 bits per heavy atom. The molecule has 0 aliphatic rings. The third-order valence-corrected chi connectivity index (χ3v) is 2.64. The standard InChI is InChI=1S/C15H26O2/c1-4-6-8-10-12-15(17-14(3)16)13-11-9-7-5-2/h4,6,8,15H,1,5,7,9-13H2,2-3H3/b8-6+. The van der Waals surface area contributed by atoms with E-state index in [2.05, 4.69) is 19.6 Å². The number of carbonyl (C=O) groups excluding carboxylic acids is 1. The topological polar surface area (TPSA) is 26.3 Å². The number of hydrogen-bond donors (Lipinski definition) is 0. The van der Waals surface area contributed by atoms with Crippen molar-refractivity contribution in [2.75, 3.05) is 0 Å². The second-order valence-corrected chi connectivity index (χ2v) is 4.32. The molecule has 0 aliphatic heterocycles. The summed E-state index contributed by atoms with van der Waals surface area (Å²) in [5.74, 6) is -0.168. The fourth-order valence-corrected chi connectivity index (χ4v) is 1.77. The third kappa shape index (κ3) is 11.2. The van der Waals surface area contributed by atoms with Crippen molar-refractivity contribution in [3.8, 4) is 0 Å². The van der Waals surface area contributed by atoms with Gasteiger partial charge in [-0.1, -0.05) is 51.0 Å². The van der Waals surface area contributed by atoms with Crippen molar-refractivity contribution >= 4 is 5.97 Å². The lowest BCUT2D eigenvalue weighted by molar-refractivity contribution is -0.146. The van der Waals surface area contributed by atoms with E-state index in [0.29, 0.717) is 0 Å². The molecule has 0 radical (unpaired) electrons. The van der Waals surface area contributed by atoms with Crippen LogP contribution in [-0.2, 0) is 9.53 Å². The Kier molecular flexibility index (Phi) is 10.7. The molecular formula is C15H26O2. The number of rotatable bonds is 10. The average Bonchev–Trinajstić information content (AvgIpc) is 2.29. The Balaban J connectivity index is 3.83. The van der Waals surface area contributed by atoms with E-state index in [-0.39, 0.29) is 12.1 Å². The van der Waals surface area contributed by atoms with Crippen LogP contribution in [-0.4, -0.2) is 12.1 Å². The van der Waals surface area contributed by atoms with Crippen LogP contribution in [0, 0.1) is 0 Å². The largest absolute Gasteiger partial charge is 0.463 e. The lowest BCUT2D eigenvalue weighted by Crippen LogP contribution is -2.16. The maximum Gasteiger partial charge on any atom is 0.302 e. The number of hydrogen-bond acceptors (Lipinski definition) is 2. The molecular weight excluding hydrogens is 212 g/mol. The molecule has 1 atom stereocenters. The summed E-state index contributed by atoms with van der Waals surface area (Å²) in [7, 11) is 0. The highest BCUT2D eigenvalue weighted by Crippen LogP contribution is 2.13. The summed E-state index contributed by atoms with van der Waals surface area (Å²) in [5.41, 5.74) is 0. The molecule has 0 aromatic carbocycles. The first-order valence-corrected chi connectivity index (χ1v) is 6.65. The van der Waals surface area contributed by atoms with E-state index in [1.807, 2.05) is 6.08 Å². The van der Waals surface area contributed by atoms with E-state index in [1.165, 1.54) is 26.2 Å². The number of unbranched alkanes of at least 4 members (excludes halogenated alkanes) is 3. The van der Waals surface area contributed by atoms with E-state index in [4.69, 9.17) is 4.74 Å². The molecule has 0 saturated carbocycles. The van der Waals surface area contributed by atoms with Gasteiger partial charge in [0.05, 0.1) is 0 Å². The Hall–Kier alpha value is -1.05. The fraction of sp³-hybridized carbons (Fsp3) is 0.667. The highest BCUT2D eigenvalue weighted by molar-refractivity contribution is 5.66. The lowest BCUT2D eigenvalue weighted by Gasteiger charge is -2.16. The molecule has 2 heteroatoms. The zero-order valence-corrected chi connectivity index (χ0v) is 11.3. The van der Waals surface area contributed by atoms with Crippen LogP contribution in [0.5, 0.6) is 0 Å². The van der Waals surface area contributed by atoms with Crippen LogP contribution in [0.15, 0.2) is 24.8 Å². The summed E-state index contributed by atoms with van der Waals surface area (Å²) < 4.78 is 5.31. The second-order valence-electron chi connectivity index (χ2n) is 4.32. The molecule has 0 fully saturated rings. The van der Waals surface area contributed by atoms with E-state index < -0.39 is 0 Å². The SMILES string of the molecule is C=C/C=C/CCC(CCCCCC)OC(C)=O. The van der Waals surface area contributed by atoms with Crippen LogP contribution in [0.1, 0.15) is 58.8 Å². The second kappa shape index (κ2) is 11.4. The van der Waals surface area contributed by atoms with Gasteiger partial charge in [0.1, 0.15) is 6.10 Å². The van der Waals surface area contributed by atoms with Crippen molar-refractivity contribution in [3.63, 3.8) is 0 Å². The molecule has 0 aromatic heterocycles. The Bertz CT molecular complexity index is 231. The number of ether oxygens (including phenoxy) is 1. The molecule has 2 nitrogen and oxygen atoms in total. The van der Waals surface area contributed by atoms with Crippen molar-refractivity contribution in [2.45, 2.75) is 64.9 Å². The minimum atomic E-state index is -0.168. The Labute approximate surface area is 106 Å². The van der Waals surface area contributed by atoms with Gasteiger partial charge in [-0.25, -0.2) is 0 Å². The van der Waals surface area contributed by atoms with Crippen molar-refractivity contribution in [2.24, 2.45) is 0 Å². The smallest absolute Gasteiger partial charge is 0.302 e. The van der Waals surface area contributed by atoms with Gasteiger partial charge >= 0.3 is 5.97 Å². The Morgan fingerprint density at radius 2 is 2.06 bits per heavy atom. The molecule has 0 bridgehead atoms. The molecule has 0 aromatic rings. The minimum absolute atomic E-state index is 0.0822. The molecule has 0 amide bonds. The number of allylic oxidation sites excluding steroid dienone is 3. The summed E-state index contributed by atoms with van der Waals surface area (Å²) >= 11 is 0. The highest BCUT2D eigenvalue weighted by atomic mass is 16.5. The minimum Gasteiger partial charge on any atom is -0.463 e. The quantitative estimate of drug-likeness (QED) is 0.320. The van der Waals surface area contributed by atoms with Gasteiger partial charge in [0.15, 0.2) is 0 Å². The van der Waals surface area contributed by atoms with Gasteiger partial charge in [-0.15, -0.1) is 0 Å². The van der Waals surface area contributed by atoms with Gasteiger partial charge in [-0.2, -0.15) is 0 Å². The first-order valence-electron chi connectivity index (χ1n) is 6.65. The predicted molar refractivity (Wildman–Crippen MR) is 72.9 cm³/mol. The number of carbonyl (C=O) groups is 1. The van der Waals surface area contributed by atoms with Crippen LogP contribution >= 0.6 is 0 Å². The first kappa shape index (κ1) is 16.0. The maximum absolute atomic E-state index is 11.0. The monoisotopic (exact) mass is 238 g/mol. The van der Waals surface area contributed by atoms with Gasteiger partial charge in [-0.05, 0) is 25.7 Å². The van der Waals surface area contributed by atoms with Gasteiger partial charge in [-0.3, -0.25) is 4.79 Å². The summed E-state index contributed by atoms with van der Waals surface area (Å²) in [5, 5.41) is 0. The van der Waals surface area contributed by atoms with E-state index in [0.717, 1.165) is 25.7 Å². The van der Waals surface area contributed by atoms with Crippen molar-refractivity contribution in [1.29, 1.82) is 0 Å². The van der Waals surface area contributed by atoms with Crippen LogP contribution in [0.4, 0.5) is 0 Å². The average molecular weight is 238 g/mol. The molecule has 0 saturated heterocycles. The molecule has 98 valence electrons. The molecule has 0 spiro atoms. The van der Waals surface area contributed by atoms with Gasteiger partial charge in [0.2, 0.25) is 0 Å². The number of esters is 1. The third-order valence-electron chi connectivity index (χ3n) is 2.64. The van der Waals surface area contributed by atoms with E-state index in [1.54, 1.807) is 6.08 Å². The lowest BCUT2D eigenvalue weighted by atomic mass is 10.1. The highest BCUT2D eigenvalue weighted by Gasteiger charge is 2.10. The molecule has 17 heavy (non-hydrogen) atoms. The van der Waals surface area contributed by atoms with Gasteiger partial charge in [0, 0.05) is 6.92 Å². The van der Waals surface area contributed by atoms with E-state index >= 15 is 0 Å². The van der Waals surface area contributed by atoms with Gasteiger partial charge < -0.3 is 4.74 Å². The van der Waals surface area contributed by atoms with Crippen LogP contribution < -0.4 is 0 Å². The summed E-state index contributed by atoms with van der Waals surface area (Å²) in [4.78, 5) is 11.0. The zero-order chi connectivity index (χ0) is 12.9. The summed E-state index contributed by atoms with van der Waals surface area (Å²) in [6.07, 6.45) is 13.6. The predicted octanol–water partition coefficient (Wildman–Crippen LogP) is 4.41.